The quantitative estimate of drug-likeness (QED) is 0.629. The number of nitrogens with zero attached hydrogens (tertiary/aromatic N) is 1. The van der Waals surface area contributed by atoms with Crippen LogP contribution >= 0.6 is 0 Å². The van der Waals surface area contributed by atoms with Crippen LogP contribution in [-0.2, 0) is 17.5 Å². The summed E-state index contributed by atoms with van der Waals surface area (Å²) < 4.78 is 44.0. The largest absolute Gasteiger partial charge is 0.439 e. The van der Waals surface area contributed by atoms with Crippen molar-refractivity contribution in [1.82, 2.24) is 21.2 Å². The maximum absolute atomic E-state index is 12.8. The molecule has 2 heterocycles. The van der Waals surface area contributed by atoms with Crippen LogP contribution < -0.4 is 26.6 Å². The average Bonchev–Trinajstić information content (AvgIpc) is 3.07. The van der Waals surface area contributed by atoms with Crippen LogP contribution in [0.4, 0.5) is 13.2 Å². The molecular weight excluding hydrogens is 363 g/mol. The number of nitrogens with one attached hydrogen (secondary N) is 3. The lowest BCUT2D eigenvalue weighted by Gasteiger charge is -2.14. The van der Waals surface area contributed by atoms with Crippen molar-refractivity contribution in [2.45, 2.75) is 31.3 Å². The van der Waals surface area contributed by atoms with Crippen LogP contribution in [0.15, 0.2) is 42.6 Å². The summed E-state index contributed by atoms with van der Waals surface area (Å²) in [6, 6.07) is 7.36. The summed E-state index contributed by atoms with van der Waals surface area (Å²) in [6.45, 7) is 0.106. The van der Waals surface area contributed by atoms with E-state index in [9.17, 15) is 18.0 Å². The highest BCUT2D eigenvalue weighted by molar-refractivity contribution is 5.82. The number of rotatable bonds is 5. The minimum Gasteiger partial charge on any atom is -0.439 e. The van der Waals surface area contributed by atoms with Crippen molar-refractivity contribution >= 4 is 5.91 Å². The van der Waals surface area contributed by atoms with E-state index in [1.807, 2.05) is 0 Å². The number of aromatic nitrogens is 1. The van der Waals surface area contributed by atoms with Crippen LogP contribution in [0.5, 0.6) is 11.6 Å². The minimum absolute atomic E-state index is 0.00346. The molecule has 1 saturated heterocycles. The Morgan fingerprint density at radius 3 is 2.81 bits per heavy atom. The number of amides is 1. The van der Waals surface area contributed by atoms with E-state index in [2.05, 4.69) is 21.2 Å². The van der Waals surface area contributed by atoms with Gasteiger partial charge >= 0.3 is 6.18 Å². The Labute approximate surface area is 153 Å². The molecule has 0 saturated carbocycles. The molecule has 10 heteroatoms. The van der Waals surface area contributed by atoms with Gasteiger partial charge in [-0.1, -0.05) is 12.1 Å². The van der Waals surface area contributed by atoms with E-state index in [1.165, 1.54) is 18.3 Å². The highest BCUT2D eigenvalue weighted by atomic mass is 19.4. The molecule has 1 aliphatic heterocycles. The number of hydrogen-bond donors (Lipinski definition) is 4. The molecule has 2 unspecified atom stereocenters. The van der Waals surface area contributed by atoms with E-state index >= 15 is 0 Å². The summed E-state index contributed by atoms with van der Waals surface area (Å²) in [5.74, 6) is -0.139. The van der Waals surface area contributed by atoms with E-state index < -0.39 is 17.8 Å². The molecule has 0 spiro atoms. The fraction of sp³-hybridized carbons (Fsp3) is 0.294. The fourth-order valence-corrected chi connectivity index (χ4v) is 2.56. The highest BCUT2D eigenvalue weighted by Crippen LogP contribution is 2.32. The zero-order chi connectivity index (χ0) is 19.4. The Bertz CT molecular complexity index is 815. The third kappa shape index (κ3) is 4.94. The predicted molar refractivity (Wildman–Crippen MR) is 90.3 cm³/mol. The second kappa shape index (κ2) is 7.91. The maximum Gasteiger partial charge on any atom is 0.416 e. The second-order valence-electron chi connectivity index (χ2n) is 6.00. The van der Waals surface area contributed by atoms with Crippen molar-refractivity contribution in [2.24, 2.45) is 5.73 Å². The van der Waals surface area contributed by atoms with Gasteiger partial charge in [-0.2, -0.15) is 13.2 Å². The van der Waals surface area contributed by atoms with Gasteiger partial charge < -0.3 is 15.8 Å². The second-order valence-corrected chi connectivity index (χ2v) is 6.00. The number of carbonyl (C=O) groups is 1. The Hall–Kier alpha value is -2.69. The van der Waals surface area contributed by atoms with Crippen molar-refractivity contribution in [3.8, 4) is 11.6 Å². The van der Waals surface area contributed by atoms with E-state index in [0.717, 1.165) is 12.1 Å². The molecule has 0 aliphatic carbocycles. The molecule has 3 rings (SSSR count). The fourth-order valence-electron chi connectivity index (χ4n) is 2.56. The van der Waals surface area contributed by atoms with Crippen LogP contribution in [0.3, 0.4) is 0 Å². The molecule has 0 bridgehead atoms. The van der Waals surface area contributed by atoms with Gasteiger partial charge in [0.25, 0.3) is 0 Å². The molecule has 1 aromatic carbocycles. The van der Waals surface area contributed by atoms with E-state index in [-0.39, 0.29) is 30.2 Å². The standard InChI is InChI=1S/C17H18F3N5O2/c18-17(19,20)11-4-1-5-12(7-11)27-16-10(3-2-6-22-16)9-23-15(26)13-8-14(21)25-24-13/h1-7,13-14,24-25H,8-9,21H2,(H,23,26). The van der Waals surface area contributed by atoms with Gasteiger partial charge in [0, 0.05) is 24.7 Å². The summed E-state index contributed by atoms with van der Waals surface area (Å²) in [6.07, 6.45) is -2.88. The van der Waals surface area contributed by atoms with Gasteiger partial charge in [0.2, 0.25) is 11.8 Å². The van der Waals surface area contributed by atoms with Gasteiger partial charge in [0.1, 0.15) is 11.8 Å². The molecule has 144 valence electrons. The summed E-state index contributed by atoms with van der Waals surface area (Å²) in [5.41, 5.74) is 10.9. The van der Waals surface area contributed by atoms with Gasteiger partial charge in [0.15, 0.2) is 0 Å². The van der Waals surface area contributed by atoms with Gasteiger partial charge in [0.05, 0.1) is 11.7 Å². The highest BCUT2D eigenvalue weighted by Gasteiger charge is 2.31. The lowest BCUT2D eigenvalue weighted by atomic mass is 10.2. The van der Waals surface area contributed by atoms with E-state index in [1.54, 1.807) is 12.1 Å². The van der Waals surface area contributed by atoms with Gasteiger partial charge in [-0.3, -0.25) is 4.79 Å². The normalized spacial score (nSPS) is 19.7. The number of benzene rings is 1. The Morgan fingerprint density at radius 1 is 1.30 bits per heavy atom. The van der Waals surface area contributed by atoms with E-state index in [4.69, 9.17) is 10.5 Å². The van der Waals surface area contributed by atoms with Crippen LogP contribution in [0, 0.1) is 0 Å². The van der Waals surface area contributed by atoms with E-state index in [0.29, 0.717) is 12.0 Å². The molecule has 2 atom stereocenters. The smallest absolute Gasteiger partial charge is 0.416 e. The average molecular weight is 381 g/mol. The number of pyridine rings is 1. The first-order valence-electron chi connectivity index (χ1n) is 8.16. The van der Waals surface area contributed by atoms with Gasteiger partial charge in [-0.05, 0) is 24.3 Å². The first-order chi connectivity index (χ1) is 12.8. The number of alkyl halides is 3. The summed E-state index contributed by atoms with van der Waals surface area (Å²) in [4.78, 5) is 16.2. The Kier molecular flexibility index (Phi) is 5.59. The lowest BCUT2D eigenvalue weighted by Crippen LogP contribution is -2.43. The summed E-state index contributed by atoms with van der Waals surface area (Å²) >= 11 is 0. The molecular formula is C17H18F3N5O2. The number of carbonyl (C=O) groups excluding carboxylic acids is 1. The molecule has 7 nitrogen and oxygen atoms in total. The summed E-state index contributed by atoms with van der Waals surface area (Å²) in [7, 11) is 0. The van der Waals surface area contributed by atoms with Crippen molar-refractivity contribution in [2.75, 3.05) is 0 Å². The molecule has 2 aromatic rings. The predicted octanol–water partition coefficient (Wildman–Crippen LogP) is 1.66. The Morgan fingerprint density at radius 2 is 2.11 bits per heavy atom. The zero-order valence-corrected chi connectivity index (χ0v) is 14.1. The molecule has 0 radical (unpaired) electrons. The zero-order valence-electron chi connectivity index (χ0n) is 14.1. The molecule has 1 aliphatic rings. The number of ether oxygens (including phenoxy) is 1. The van der Waals surface area contributed by atoms with Crippen LogP contribution in [0.25, 0.3) is 0 Å². The van der Waals surface area contributed by atoms with Crippen molar-refractivity contribution < 1.29 is 22.7 Å². The summed E-state index contributed by atoms with van der Waals surface area (Å²) in [5, 5.41) is 2.73. The first kappa shape index (κ1) is 19.1. The Balaban J connectivity index is 1.68. The minimum atomic E-state index is -4.47. The van der Waals surface area contributed by atoms with Crippen LogP contribution in [0.1, 0.15) is 17.5 Å². The SMILES string of the molecule is NC1CC(C(=O)NCc2cccnc2Oc2cccc(C(F)(F)F)c2)NN1. The number of hydrogen-bond acceptors (Lipinski definition) is 6. The molecule has 5 N–H and O–H groups in total. The number of nitrogens with two attached hydrogens (primary N) is 1. The molecule has 1 aromatic heterocycles. The number of hydrazine groups is 1. The van der Waals surface area contributed by atoms with Crippen molar-refractivity contribution in [3.63, 3.8) is 0 Å². The lowest BCUT2D eigenvalue weighted by molar-refractivity contribution is -0.137. The van der Waals surface area contributed by atoms with Crippen molar-refractivity contribution in [1.29, 1.82) is 0 Å². The van der Waals surface area contributed by atoms with Crippen molar-refractivity contribution in [3.05, 3.63) is 53.7 Å². The third-order valence-corrected chi connectivity index (χ3v) is 3.93. The van der Waals surface area contributed by atoms with Crippen LogP contribution in [0.2, 0.25) is 0 Å². The first-order valence-corrected chi connectivity index (χ1v) is 8.16. The molecule has 1 amide bonds. The van der Waals surface area contributed by atoms with Gasteiger partial charge in [-0.25, -0.2) is 15.8 Å². The van der Waals surface area contributed by atoms with Crippen LogP contribution in [-0.4, -0.2) is 23.1 Å². The maximum atomic E-state index is 12.8. The number of halogens is 3. The van der Waals surface area contributed by atoms with Gasteiger partial charge in [-0.15, -0.1) is 0 Å². The monoisotopic (exact) mass is 381 g/mol. The molecule has 1 fully saturated rings. The molecule has 27 heavy (non-hydrogen) atoms. The topological polar surface area (TPSA) is 101 Å². The third-order valence-electron chi connectivity index (χ3n) is 3.93.